The van der Waals surface area contributed by atoms with Crippen molar-refractivity contribution in [1.82, 2.24) is 15.4 Å². The summed E-state index contributed by atoms with van der Waals surface area (Å²) >= 11 is 0. The number of hydrogen-bond donors (Lipinski definition) is 2. The molecule has 7 heteroatoms. The van der Waals surface area contributed by atoms with Gasteiger partial charge in [-0.25, -0.2) is 4.79 Å². The number of nitrogens with one attached hydrogen (secondary N) is 1. The summed E-state index contributed by atoms with van der Waals surface area (Å²) in [6.45, 7) is 0.544. The molecule has 1 aliphatic heterocycles. The van der Waals surface area contributed by atoms with Crippen molar-refractivity contribution in [2.75, 3.05) is 6.54 Å². The lowest BCUT2D eigenvalue weighted by Gasteiger charge is -2.23. The summed E-state index contributed by atoms with van der Waals surface area (Å²) in [5, 5.41) is 15.8. The molecule has 1 fully saturated rings. The number of aromatic nitrogens is 1. The Labute approximate surface area is 115 Å². The Balaban J connectivity index is 1.76. The van der Waals surface area contributed by atoms with Crippen LogP contribution >= 0.6 is 0 Å². The van der Waals surface area contributed by atoms with Gasteiger partial charge in [-0.1, -0.05) is 18.0 Å². The molecule has 0 radical (unpaired) electrons. The fraction of sp³-hybridized carbons (Fsp3) is 0.615. The first-order valence-corrected chi connectivity index (χ1v) is 6.91. The van der Waals surface area contributed by atoms with Crippen LogP contribution in [0.2, 0.25) is 0 Å². The molecule has 7 nitrogen and oxygen atoms in total. The average molecular weight is 279 g/mol. The zero-order valence-corrected chi connectivity index (χ0v) is 11.1. The van der Waals surface area contributed by atoms with Crippen LogP contribution in [0.3, 0.4) is 0 Å². The average Bonchev–Trinajstić information content (AvgIpc) is 3.06. The first kappa shape index (κ1) is 13.0. The quantitative estimate of drug-likeness (QED) is 0.852. The first-order valence-electron chi connectivity index (χ1n) is 6.91. The lowest BCUT2D eigenvalue weighted by molar-refractivity contribution is 0.0926. The Morgan fingerprint density at radius 1 is 1.35 bits per heavy atom. The topological polar surface area (TPSA) is 95.7 Å². The Bertz CT molecular complexity index is 534. The fourth-order valence-corrected chi connectivity index (χ4v) is 2.87. The van der Waals surface area contributed by atoms with Crippen LogP contribution in [0.1, 0.15) is 47.5 Å². The molecule has 0 atom stereocenters. The van der Waals surface area contributed by atoms with Gasteiger partial charge in [0.2, 0.25) is 0 Å². The molecule has 1 aromatic rings. The van der Waals surface area contributed by atoms with Gasteiger partial charge >= 0.3 is 6.09 Å². The second-order valence-electron chi connectivity index (χ2n) is 5.34. The summed E-state index contributed by atoms with van der Waals surface area (Å²) in [5.74, 6) is 0.369. The molecule has 0 spiro atoms. The Hall–Kier alpha value is -2.05. The van der Waals surface area contributed by atoms with Crippen molar-refractivity contribution in [2.24, 2.45) is 0 Å². The standard InChI is InChI=1S/C13H17N3O4/c17-12(14-8-3-1-2-4-8)11-9-7-16(13(18)19)6-5-10(9)20-15-11/h8H,1-7H2,(H,14,17)(H,18,19). The van der Waals surface area contributed by atoms with Crippen LogP contribution in [0, 0.1) is 0 Å². The highest BCUT2D eigenvalue weighted by Crippen LogP contribution is 2.23. The van der Waals surface area contributed by atoms with E-state index in [1.54, 1.807) is 0 Å². The van der Waals surface area contributed by atoms with Crippen LogP contribution < -0.4 is 5.32 Å². The van der Waals surface area contributed by atoms with E-state index in [0.29, 0.717) is 24.3 Å². The maximum Gasteiger partial charge on any atom is 0.407 e. The third-order valence-corrected chi connectivity index (χ3v) is 4.00. The summed E-state index contributed by atoms with van der Waals surface area (Å²) in [6, 6.07) is 0.203. The molecule has 0 unspecified atom stereocenters. The van der Waals surface area contributed by atoms with Crippen molar-refractivity contribution >= 4 is 12.0 Å². The van der Waals surface area contributed by atoms with Gasteiger partial charge in [0.15, 0.2) is 5.69 Å². The third-order valence-electron chi connectivity index (χ3n) is 4.00. The van der Waals surface area contributed by atoms with Gasteiger partial charge in [0.25, 0.3) is 5.91 Å². The molecule has 0 saturated heterocycles. The van der Waals surface area contributed by atoms with E-state index in [4.69, 9.17) is 9.63 Å². The zero-order valence-electron chi connectivity index (χ0n) is 11.1. The highest BCUT2D eigenvalue weighted by molar-refractivity contribution is 5.94. The predicted molar refractivity (Wildman–Crippen MR) is 68.4 cm³/mol. The van der Waals surface area contributed by atoms with E-state index >= 15 is 0 Å². The predicted octanol–water partition coefficient (Wildman–Crippen LogP) is 1.38. The molecular weight excluding hydrogens is 262 g/mol. The molecule has 2 heterocycles. The van der Waals surface area contributed by atoms with Crippen molar-refractivity contribution in [3.63, 3.8) is 0 Å². The summed E-state index contributed by atoms with van der Waals surface area (Å²) in [5.41, 5.74) is 0.840. The van der Waals surface area contributed by atoms with E-state index in [-0.39, 0.29) is 24.2 Å². The smallest absolute Gasteiger partial charge is 0.407 e. The number of carboxylic acid groups (broad SMARTS) is 1. The van der Waals surface area contributed by atoms with Crippen LogP contribution in [0.5, 0.6) is 0 Å². The lowest BCUT2D eigenvalue weighted by atomic mass is 10.1. The largest absolute Gasteiger partial charge is 0.465 e. The lowest BCUT2D eigenvalue weighted by Crippen LogP contribution is -2.37. The number of amides is 2. The molecule has 2 N–H and O–H groups in total. The van der Waals surface area contributed by atoms with Crippen molar-refractivity contribution in [1.29, 1.82) is 0 Å². The SMILES string of the molecule is O=C(NC1CCCC1)c1noc2c1CN(C(=O)O)CC2. The van der Waals surface area contributed by atoms with Gasteiger partial charge < -0.3 is 19.8 Å². The van der Waals surface area contributed by atoms with E-state index in [2.05, 4.69) is 10.5 Å². The number of carbonyl (C=O) groups excluding carboxylic acids is 1. The number of fused-ring (bicyclic) bond motifs is 1. The van der Waals surface area contributed by atoms with Crippen molar-refractivity contribution in [3.8, 4) is 0 Å². The molecule has 0 aromatic carbocycles. The van der Waals surface area contributed by atoms with Gasteiger partial charge in [-0.05, 0) is 12.8 Å². The number of hydrogen-bond acceptors (Lipinski definition) is 4. The molecule has 2 aliphatic rings. The van der Waals surface area contributed by atoms with Crippen molar-refractivity contribution in [3.05, 3.63) is 17.0 Å². The molecule has 1 aromatic heterocycles. The van der Waals surface area contributed by atoms with E-state index in [1.807, 2.05) is 0 Å². The van der Waals surface area contributed by atoms with Gasteiger partial charge in [0.05, 0.1) is 6.54 Å². The van der Waals surface area contributed by atoms with Gasteiger partial charge in [-0.2, -0.15) is 0 Å². The minimum absolute atomic E-state index is 0.168. The fourth-order valence-electron chi connectivity index (χ4n) is 2.87. The van der Waals surface area contributed by atoms with Gasteiger partial charge in [-0.15, -0.1) is 0 Å². The maximum atomic E-state index is 12.2. The summed E-state index contributed by atoms with van der Waals surface area (Å²) in [4.78, 5) is 24.5. The van der Waals surface area contributed by atoms with E-state index in [0.717, 1.165) is 25.7 Å². The Morgan fingerprint density at radius 3 is 2.80 bits per heavy atom. The minimum atomic E-state index is -0.987. The van der Waals surface area contributed by atoms with E-state index < -0.39 is 6.09 Å². The molecule has 1 saturated carbocycles. The molecule has 1 aliphatic carbocycles. The van der Waals surface area contributed by atoms with Gasteiger partial charge in [-0.3, -0.25) is 4.79 Å². The Kier molecular flexibility index (Phi) is 3.33. The van der Waals surface area contributed by atoms with E-state index in [9.17, 15) is 9.59 Å². The highest BCUT2D eigenvalue weighted by Gasteiger charge is 2.30. The third kappa shape index (κ3) is 2.35. The monoisotopic (exact) mass is 279 g/mol. The second-order valence-corrected chi connectivity index (χ2v) is 5.34. The molecule has 2 amide bonds. The van der Waals surface area contributed by atoms with Gasteiger partial charge in [0, 0.05) is 24.6 Å². The zero-order chi connectivity index (χ0) is 14.1. The molecule has 3 rings (SSSR count). The maximum absolute atomic E-state index is 12.2. The van der Waals surface area contributed by atoms with Crippen LogP contribution in [-0.4, -0.2) is 39.8 Å². The number of carbonyl (C=O) groups is 2. The van der Waals surface area contributed by atoms with Crippen LogP contribution in [-0.2, 0) is 13.0 Å². The summed E-state index contributed by atoms with van der Waals surface area (Å²) in [7, 11) is 0. The van der Waals surface area contributed by atoms with Crippen LogP contribution in [0.4, 0.5) is 4.79 Å². The highest BCUT2D eigenvalue weighted by atomic mass is 16.5. The molecular formula is C13H17N3O4. The van der Waals surface area contributed by atoms with Crippen LogP contribution in [0.25, 0.3) is 0 Å². The number of rotatable bonds is 2. The van der Waals surface area contributed by atoms with Gasteiger partial charge in [0.1, 0.15) is 5.76 Å². The normalized spacial score (nSPS) is 18.9. The van der Waals surface area contributed by atoms with Crippen LogP contribution in [0.15, 0.2) is 4.52 Å². The second kappa shape index (κ2) is 5.15. The molecule has 108 valence electrons. The summed E-state index contributed by atoms with van der Waals surface area (Å²) < 4.78 is 5.17. The number of nitrogens with zero attached hydrogens (tertiary/aromatic N) is 2. The minimum Gasteiger partial charge on any atom is -0.465 e. The Morgan fingerprint density at radius 2 is 2.10 bits per heavy atom. The molecule has 20 heavy (non-hydrogen) atoms. The first-order chi connectivity index (χ1) is 9.65. The van der Waals surface area contributed by atoms with Crippen molar-refractivity contribution in [2.45, 2.75) is 44.7 Å². The summed E-state index contributed by atoms with van der Waals surface area (Å²) in [6.07, 6.45) is 3.73. The van der Waals surface area contributed by atoms with E-state index in [1.165, 1.54) is 4.90 Å². The van der Waals surface area contributed by atoms with Crippen molar-refractivity contribution < 1.29 is 19.2 Å². The molecule has 0 bridgehead atoms.